The minimum absolute atomic E-state index is 0.00945. The van der Waals surface area contributed by atoms with E-state index in [0.29, 0.717) is 25.4 Å². The van der Waals surface area contributed by atoms with Gasteiger partial charge in [0.05, 0.1) is 19.8 Å². The van der Waals surface area contributed by atoms with Crippen LogP contribution in [0.25, 0.3) is 6.08 Å². The molecule has 4 nitrogen and oxygen atoms in total. The van der Waals surface area contributed by atoms with Gasteiger partial charge in [-0.25, -0.2) is 0 Å². The summed E-state index contributed by atoms with van der Waals surface area (Å²) in [7, 11) is 0. The van der Waals surface area contributed by atoms with Crippen molar-refractivity contribution in [3.8, 4) is 17.2 Å². The van der Waals surface area contributed by atoms with Crippen LogP contribution in [0.1, 0.15) is 365 Å². The first-order chi connectivity index (χ1) is 38.6. The highest BCUT2D eigenvalue weighted by Crippen LogP contribution is 2.40. The second-order valence-electron chi connectivity index (χ2n) is 23.7. The molecule has 0 aliphatic heterocycles. The lowest BCUT2D eigenvalue weighted by Crippen LogP contribution is -2.07. The summed E-state index contributed by atoms with van der Waals surface area (Å²) in [5.41, 5.74) is 1.62. The average Bonchev–Trinajstić information content (AvgIpc) is 3.49. The summed E-state index contributed by atoms with van der Waals surface area (Å²) in [5, 5.41) is 0. The number of carbonyl (C=O) groups is 1. The summed E-state index contributed by atoms with van der Waals surface area (Å²) in [6.45, 7) is 11.1. The van der Waals surface area contributed by atoms with E-state index in [-0.39, 0.29) is 5.78 Å². The van der Waals surface area contributed by atoms with Gasteiger partial charge in [0, 0.05) is 10.5 Å². The molecule has 450 valence electrons. The molecule has 0 aliphatic carbocycles. The molecule has 2 aromatic carbocycles. The van der Waals surface area contributed by atoms with Gasteiger partial charge in [0.15, 0.2) is 17.3 Å². The van der Waals surface area contributed by atoms with E-state index in [9.17, 15) is 4.79 Å². The van der Waals surface area contributed by atoms with Crippen LogP contribution in [0.15, 0.2) is 47.4 Å². The Bertz CT molecular complexity index is 1540. The Labute approximate surface area is 490 Å². The zero-order valence-corrected chi connectivity index (χ0v) is 53.2. The maximum Gasteiger partial charge on any atom is 0.203 e. The molecule has 0 spiro atoms. The topological polar surface area (TPSA) is 44.8 Å². The van der Waals surface area contributed by atoms with Crippen LogP contribution in [0.4, 0.5) is 0 Å². The number of ether oxygens (including phenoxy) is 3. The minimum Gasteiger partial charge on any atom is -0.490 e. The van der Waals surface area contributed by atoms with Crippen molar-refractivity contribution >= 4 is 23.6 Å². The van der Waals surface area contributed by atoms with Crippen LogP contribution in [0.3, 0.4) is 0 Å². The smallest absolute Gasteiger partial charge is 0.203 e. The van der Waals surface area contributed by atoms with E-state index in [0.717, 1.165) is 47.8 Å². The second-order valence-corrected chi connectivity index (χ2v) is 24.9. The van der Waals surface area contributed by atoms with Gasteiger partial charge in [0.2, 0.25) is 5.75 Å². The Morgan fingerprint density at radius 1 is 0.346 bits per heavy atom. The van der Waals surface area contributed by atoms with Crippen molar-refractivity contribution in [2.45, 2.75) is 354 Å². The summed E-state index contributed by atoms with van der Waals surface area (Å²) in [4.78, 5) is 14.7. The van der Waals surface area contributed by atoms with Gasteiger partial charge < -0.3 is 14.2 Å². The molecule has 2 rings (SSSR count). The summed E-state index contributed by atoms with van der Waals surface area (Å²) >= 11 is 1.87. The molecule has 0 fully saturated rings. The predicted octanol–water partition coefficient (Wildman–Crippen LogP) is 25.4. The Hall–Kier alpha value is -2.40. The Morgan fingerprint density at radius 2 is 0.615 bits per heavy atom. The average molecular weight is 1100 g/mol. The monoisotopic (exact) mass is 1100 g/mol. The number of unbranched alkanes of at least 4 members (excludes halogenated alkanes) is 46. The Morgan fingerprint density at radius 3 is 0.910 bits per heavy atom. The highest BCUT2D eigenvalue weighted by atomic mass is 32.2. The lowest BCUT2D eigenvalue weighted by atomic mass is 10.0. The van der Waals surface area contributed by atoms with Gasteiger partial charge in [-0.15, -0.1) is 11.8 Å². The molecular formula is C73H128O4S. The molecule has 0 unspecified atom stereocenters. The summed E-state index contributed by atoms with van der Waals surface area (Å²) < 4.78 is 20.1. The van der Waals surface area contributed by atoms with E-state index in [1.165, 1.54) is 307 Å². The van der Waals surface area contributed by atoms with E-state index in [1.807, 2.05) is 30.0 Å². The summed E-state index contributed by atoms with van der Waals surface area (Å²) in [5.74, 6) is 3.35. The van der Waals surface area contributed by atoms with Gasteiger partial charge in [0.25, 0.3) is 0 Å². The van der Waals surface area contributed by atoms with Crippen LogP contribution in [0.2, 0.25) is 0 Å². The standard InChI is InChI=1S/C73H128O4S/c1-5-9-13-16-19-22-25-28-31-34-37-40-43-46-49-52-61-75-71-65-67(55-60-70(74)68-56-58-69(59-57-68)78-64-12-8-4)66-72(76-62-53-50-47-44-41-38-35-32-29-26-23-20-17-14-10-6-2)73(71)77-63-54-51-48-45-42-39-36-33-30-27-24-21-18-15-11-7-3/h55-60,65-66H,5-54,61-64H2,1-4H3/b60-55+. The predicted molar refractivity (Wildman–Crippen MR) is 347 cm³/mol. The quantitative estimate of drug-likeness (QED) is 0.0286. The summed E-state index contributed by atoms with van der Waals surface area (Å²) in [6.07, 6.45) is 71.0. The van der Waals surface area contributed by atoms with Crippen LogP contribution < -0.4 is 14.2 Å². The number of carbonyl (C=O) groups excluding carboxylic acids is 1. The summed E-state index contributed by atoms with van der Waals surface area (Å²) in [6, 6.07) is 12.3. The molecule has 2 aromatic rings. The lowest BCUT2D eigenvalue weighted by Gasteiger charge is -2.18. The first-order valence-electron chi connectivity index (χ1n) is 34.6. The molecule has 0 N–H and O–H groups in total. The largest absolute Gasteiger partial charge is 0.490 e. The van der Waals surface area contributed by atoms with Crippen LogP contribution >= 0.6 is 11.8 Å². The maximum atomic E-state index is 13.5. The fourth-order valence-corrected chi connectivity index (χ4v) is 11.9. The third-order valence-electron chi connectivity index (χ3n) is 16.1. The number of thioether (sulfide) groups is 1. The maximum absolute atomic E-state index is 13.5. The molecule has 5 heteroatoms. The van der Waals surface area contributed by atoms with Crippen LogP contribution in [0, 0.1) is 0 Å². The van der Waals surface area contributed by atoms with Crippen molar-refractivity contribution in [1.82, 2.24) is 0 Å². The molecule has 0 saturated carbocycles. The van der Waals surface area contributed by atoms with Gasteiger partial charge in [-0.05, 0) is 79.5 Å². The molecular weight excluding hydrogens is 973 g/mol. The molecule has 0 aromatic heterocycles. The van der Waals surface area contributed by atoms with Gasteiger partial charge in [-0.2, -0.15) is 0 Å². The first kappa shape index (κ1) is 71.7. The fourth-order valence-electron chi connectivity index (χ4n) is 10.9. The number of rotatable bonds is 61. The van der Waals surface area contributed by atoms with Crippen LogP contribution in [-0.2, 0) is 0 Å². The van der Waals surface area contributed by atoms with E-state index < -0.39 is 0 Å². The lowest BCUT2D eigenvalue weighted by molar-refractivity contribution is 0.104. The molecule has 0 amide bonds. The molecule has 0 bridgehead atoms. The van der Waals surface area contributed by atoms with Crippen molar-refractivity contribution in [3.05, 3.63) is 53.6 Å². The number of allylic oxidation sites excluding steroid dienone is 1. The van der Waals surface area contributed by atoms with Crippen molar-refractivity contribution in [3.63, 3.8) is 0 Å². The Balaban J connectivity index is 1.99. The van der Waals surface area contributed by atoms with Gasteiger partial charge in [0.1, 0.15) is 0 Å². The van der Waals surface area contributed by atoms with E-state index in [4.69, 9.17) is 14.2 Å². The fraction of sp³-hybridized carbons (Fsp3) is 0.795. The van der Waals surface area contributed by atoms with E-state index in [1.54, 1.807) is 6.08 Å². The van der Waals surface area contributed by atoms with Gasteiger partial charge in [-0.3, -0.25) is 4.79 Å². The number of hydrogen-bond donors (Lipinski definition) is 0. The molecule has 0 radical (unpaired) electrons. The van der Waals surface area contributed by atoms with Crippen LogP contribution in [0.5, 0.6) is 17.2 Å². The zero-order chi connectivity index (χ0) is 55.7. The molecule has 78 heavy (non-hydrogen) atoms. The van der Waals surface area contributed by atoms with E-state index >= 15 is 0 Å². The molecule has 0 saturated heterocycles. The van der Waals surface area contributed by atoms with Gasteiger partial charge >= 0.3 is 0 Å². The third-order valence-corrected chi connectivity index (χ3v) is 17.2. The van der Waals surface area contributed by atoms with E-state index in [2.05, 4.69) is 52.0 Å². The van der Waals surface area contributed by atoms with Crippen molar-refractivity contribution in [2.24, 2.45) is 0 Å². The van der Waals surface area contributed by atoms with Crippen LogP contribution in [-0.4, -0.2) is 31.4 Å². The normalized spacial score (nSPS) is 11.6. The molecule has 0 atom stereocenters. The first-order valence-corrected chi connectivity index (χ1v) is 35.6. The second kappa shape index (κ2) is 56.5. The highest BCUT2D eigenvalue weighted by Gasteiger charge is 2.16. The third kappa shape index (κ3) is 43.3. The van der Waals surface area contributed by atoms with Crippen molar-refractivity contribution < 1.29 is 19.0 Å². The van der Waals surface area contributed by atoms with Crippen molar-refractivity contribution in [2.75, 3.05) is 25.6 Å². The zero-order valence-electron chi connectivity index (χ0n) is 52.3. The number of ketones is 1. The Kier molecular flexibility index (Phi) is 51.9. The SMILES string of the molecule is CCCCCCCCCCCCCCCCCCOc1cc(/C=C/C(=O)c2ccc(SCCCC)cc2)cc(OCCCCCCCCCCCCCCCCCC)c1OCCCCCCCCCCCCCCCCCC. The molecule has 0 aliphatic rings. The van der Waals surface area contributed by atoms with Crippen molar-refractivity contribution in [1.29, 1.82) is 0 Å². The van der Waals surface area contributed by atoms with Gasteiger partial charge in [-0.1, -0.05) is 329 Å². The highest BCUT2D eigenvalue weighted by molar-refractivity contribution is 7.99. The number of hydrogen-bond acceptors (Lipinski definition) is 5. The molecule has 0 heterocycles. The number of benzene rings is 2. The minimum atomic E-state index is 0.00945.